The van der Waals surface area contributed by atoms with Gasteiger partial charge in [0.1, 0.15) is 6.04 Å². The van der Waals surface area contributed by atoms with Crippen LogP contribution in [-0.2, 0) is 20.9 Å². The fourth-order valence-electron chi connectivity index (χ4n) is 2.69. The second-order valence-corrected chi connectivity index (χ2v) is 5.23. The predicted octanol–water partition coefficient (Wildman–Crippen LogP) is 0.912. The standard InChI is InChI=1S/C15H18N2O4/c18-14-13-8-12(9-17(13)15(19)16-14)21-7-6-20-10-11-4-2-1-3-5-11/h1-5,12-13H,6-10H2,(H,16,18,19)/t12-,13+/m1/s1. The van der Waals surface area contributed by atoms with Crippen LogP contribution in [0.2, 0.25) is 0 Å². The van der Waals surface area contributed by atoms with Crippen LogP contribution in [0.3, 0.4) is 0 Å². The van der Waals surface area contributed by atoms with Crippen LogP contribution in [0.5, 0.6) is 0 Å². The van der Waals surface area contributed by atoms with Crippen molar-refractivity contribution in [3.63, 3.8) is 0 Å². The molecule has 6 nitrogen and oxygen atoms in total. The first-order valence-electron chi connectivity index (χ1n) is 7.09. The van der Waals surface area contributed by atoms with Gasteiger partial charge in [-0.05, 0) is 5.56 Å². The SMILES string of the molecule is O=C1NC(=O)N2C[C@H](OCCOCc3ccccc3)C[C@@H]12. The van der Waals surface area contributed by atoms with Crippen LogP contribution in [0, 0.1) is 0 Å². The van der Waals surface area contributed by atoms with Crippen molar-refractivity contribution < 1.29 is 19.1 Å². The third-order valence-corrected chi connectivity index (χ3v) is 3.75. The Kier molecular flexibility index (Phi) is 4.17. The molecule has 2 heterocycles. The van der Waals surface area contributed by atoms with E-state index in [9.17, 15) is 9.59 Å². The number of carbonyl (C=O) groups excluding carboxylic acids is 2. The number of ether oxygens (including phenoxy) is 2. The monoisotopic (exact) mass is 290 g/mol. The number of hydrogen-bond acceptors (Lipinski definition) is 4. The minimum Gasteiger partial charge on any atom is -0.374 e. The number of nitrogens with one attached hydrogen (secondary N) is 1. The van der Waals surface area contributed by atoms with Gasteiger partial charge in [-0.1, -0.05) is 30.3 Å². The van der Waals surface area contributed by atoms with E-state index in [1.54, 1.807) is 0 Å². The van der Waals surface area contributed by atoms with E-state index in [1.165, 1.54) is 4.90 Å². The van der Waals surface area contributed by atoms with Crippen molar-refractivity contribution in [2.45, 2.75) is 25.2 Å². The zero-order valence-corrected chi connectivity index (χ0v) is 11.7. The summed E-state index contributed by atoms with van der Waals surface area (Å²) in [4.78, 5) is 24.5. The molecule has 3 rings (SSSR count). The smallest absolute Gasteiger partial charge is 0.324 e. The summed E-state index contributed by atoms with van der Waals surface area (Å²) in [7, 11) is 0. The highest BCUT2D eigenvalue weighted by Gasteiger charge is 2.45. The molecule has 0 aromatic heterocycles. The molecular formula is C15H18N2O4. The van der Waals surface area contributed by atoms with Crippen molar-refractivity contribution in [2.75, 3.05) is 19.8 Å². The maximum absolute atomic E-state index is 11.5. The average molecular weight is 290 g/mol. The average Bonchev–Trinajstić information content (AvgIpc) is 3.02. The second kappa shape index (κ2) is 6.24. The van der Waals surface area contributed by atoms with Crippen molar-refractivity contribution >= 4 is 11.9 Å². The third-order valence-electron chi connectivity index (χ3n) is 3.75. The van der Waals surface area contributed by atoms with E-state index in [2.05, 4.69) is 5.32 Å². The lowest BCUT2D eigenvalue weighted by atomic mass is 10.2. The number of carbonyl (C=O) groups is 2. The molecule has 2 saturated heterocycles. The van der Waals surface area contributed by atoms with Crippen molar-refractivity contribution in [3.8, 4) is 0 Å². The van der Waals surface area contributed by atoms with Gasteiger partial charge in [-0.2, -0.15) is 0 Å². The first-order chi connectivity index (χ1) is 10.2. The van der Waals surface area contributed by atoms with Crippen LogP contribution in [0.1, 0.15) is 12.0 Å². The molecular weight excluding hydrogens is 272 g/mol. The Balaban J connectivity index is 1.34. The first-order valence-corrected chi connectivity index (χ1v) is 7.09. The van der Waals surface area contributed by atoms with E-state index in [1.807, 2.05) is 30.3 Å². The number of nitrogens with zero attached hydrogens (tertiary/aromatic N) is 1. The molecule has 3 amide bonds. The van der Waals surface area contributed by atoms with E-state index < -0.39 is 0 Å². The normalized spacial score (nSPS) is 24.3. The highest BCUT2D eigenvalue weighted by Crippen LogP contribution is 2.24. The Morgan fingerprint density at radius 3 is 2.76 bits per heavy atom. The van der Waals surface area contributed by atoms with Gasteiger partial charge in [-0.3, -0.25) is 10.1 Å². The Labute approximate surface area is 123 Å². The summed E-state index contributed by atoms with van der Waals surface area (Å²) >= 11 is 0. The Morgan fingerprint density at radius 2 is 2.00 bits per heavy atom. The van der Waals surface area contributed by atoms with Crippen molar-refractivity contribution in [3.05, 3.63) is 35.9 Å². The number of urea groups is 1. The van der Waals surface area contributed by atoms with Gasteiger partial charge in [0.2, 0.25) is 0 Å². The van der Waals surface area contributed by atoms with Crippen LogP contribution in [0.4, 0.5) is 4.79 Å². The number of fused-ring (bicyclic) bond motifs is 1. The zero-order valence-electron chi connectivity index (χ0n) is 11.7. The van der Waals surface area contributed by atoms with E-state index in [0.29, 0.717) is 32.8 Å². The minimum atomic E-state index is -0.354. The molecule has 0 radical (unpaired) electrons. The topological polar surface area (TPSA) is 67.9 Å². The Hall–Kier alpha value is -1.92. The fourth-order valence-corrected chi connectivity index (χ4v) is 2.69. The van der Waals surface area contributed by atoms with Crippen LogP contribution in [0.25, 0.3) is 0 Å². The van der Waals surface area contributed by atoms with Gasteiger partial charge in [-0.25, -0.2) is 4.79 Å². The van der Waals surface area contributed by atoms with Gasteiger partial charge in [0.05, 0.1) is 25.9 Å². The Morgan fingerprint density at radius 1 is 1.19 bits per heavy atom. The largest absolute Gasteiger partial charge is 0.374 e. The molecule has 0 aliphatic carbocycles. The van der Waals surface area contributed by atoms with Crippen LogP contribution >= 0.6 is 0 Å². The number of rotatable bonds is 6. The van der Waals surface area contributed by atoms with Crippen LogP contribution in [-0.4, -0.2) is 48.7 Å². The molecule has 0 saturated carbocycles. The van der Waals surface area contributed by atoms with E-state index >= 15 is 0 Å². The Bertz CT molecular complexity index is 498. The summed E-state index contributed by atoms with van der Waals surface area (Å²) in [6, 6.07) is 9.28. The van der Waals surface area contributed by atoms with Crippen LogP contribution in [0.15, 0.2) is 30.3 Å². The highest BCUT2D eigenvalue weighted by atomic mass is 16.5. The van der Waals surface area contributed by atoms with E-state index in [-0.39, 0.29) is 24.1 Å². The third kappa shape index (κ3) is 3.22. The molecule has 0 unspecified atom stereocenters. The highest BCUT2D eigenvalue weighted by molar-refractivity contribution is 6.04. The van der Waals surface area contributed by atoms with Crippen molar-refractivity contribution in [1.82, 2.24) is 10.2 Å². The predicted molar refractivity (Wildman–Crippen MR) is 74.5 cm³/mol. The molecule has 0 bridgehead atoms. The molecule has 1 aromatic carbocycles. The number of imide groups is 1. The number of benzene rings is 1. The lowest BCUT2D eigenvalue weighted by Gasteiger charge is -2.13. The maximum Gasteiger partial charge on any atom is 0.324 e. The summed E-state index contributed by atoms with van der Waals surface area (Å²) in [6.07, 6.45) is 0.487. The molecule has 2 aliphatic rings. The van der Waals surface area contributed by atoms with E-state index in [0.717, 1.165) is 5.56 Å². The molecule has 112 valence electrons. The number of amides is 3. The van der Waals surface area contributed by atoms with Gasteiger partial charge in [-0.15, -0.1) is 0 Å². The lowest BCUT2D eigenvalue weighted by Crippen LogP contribution is -2.31. The number of hydrogen-bond donors (Lipinski definition) is 1. The van der Waals surface area contributed by atoms with Gasteiger partial charge in [0.25, 0.3) is 5.91 Å². The van der Waals surface area contributed by atoms with E-state index in [4.69, 9.17) is 9.47 Å². The quantitative estimate of drug-likeness (QED) is 0.624. The summed E-state index contributed by atoms with van der Waals surface area (Å²) in [6.45, 7) is 2.00. The summed E-state index contributed by atoms with van der Waals surface area (Å²) in [5.74, 6) is -0.216. The summed E-state index contributed by atoms with van der Waals surface area (Å²) in [5.41, 5.74) is 1.13. The van der Waals surface area contributed by atoms with Gasteiger partial charge >= 0.3 is 6.03 Å². The molecule has 2 fully saturated rings. The van der Waals surface area contributed by atoms with Crippen LogP contribution < -0.4 is 5.32 Å². The van der Waals surface area contributed by atoms with Gasteiger partial charge in [0.15, 0.2) is 0 Å². The lowest BCUT2D eigenvalue weighted by molar-refractivity contribution is -0.121. The summed E-state index contributed by atoms with van der Waals surface area (Å²) in [5, 5.41) is 2.30. The fraction of sp³-hybridized carbons (Fsp3) is 0.467. The molecule has 1 N–H and O–H groups in total. The summed E-state index contributed by atoms with van der Waals surface area (Å²) < 4.78 is 11.2. The second-order valence-electron chi connectivity index (χ2n) is 5.23. The molecule has 0 spiro atoms. The minimum absolute atomic E-state index is 0.0784. The zero-order chi connectivity index (χ0) is 14.7. The molecule has 2 atom stereocenters. The first kappa shape index (κ1) is 14.0. The van der Waals surface area contributed by atoms with Crippen molar-refractivity contribution in [1.29, 1.82) is 0 Å². The maximum atomic E-state index is 11.5. The van der Waals surface area contributed by atoms with Crippen molar-refractivity contribution in [2.24, 2.45) is 0 Å². The molecule has 21 heavy (non-hydrogen) atoms. The molecule has 1 aromatic rings. The van der Waals surface area contributed by atoms with Gasteiger partial charge in [0, 0.05) is 13.0 Å². The molecule has 6 heteroatoms. The van der Waals surface area contributed by atoms with Gasteiger partial charge < -0.3 is 14.4 Å². The molecule has 2 aliphatic heterocycles.